The third kappa shape index (κ3) is 9.36. The van der Waals surface area contributed by atoms with E-state index in [1.807, 2.05) is 44.2 Å². The van der Waals surface area contributed by atoms with Crippen LogP contribution in [0.5, 0.6) is 0 Å². The molecule has 1 aromatic carbocycles. The quantitative estimate of drug-likeness (QED) is 0.188. The van der Waals surface area contributed by atoms with Gasteiger partial charge in [0.2, 0.25) is 5.78 Å². The summed E-state index contributed by atoms with van der Waals surface area (Å²) in [5, 5.41) is 22.4. The summed E-state index contributed by atoms with van der Waals surface area (Å²) in [6.45, 7) is 10.1. The van der Waals surface area contributed by atoms with Crippen LogP contribution in [0.1, 0.15) is 85.1 Å². The molecule has 9 atom stereocenters. The Morgan fingerprint density at radius 1 is 1.00 bits per heavy atom. The zero-order valence-corrected chi connectivity index (χ0v) is 28.1. The Bertz CT molecular complexity index is 1170. The molecule has 8 nitrogen and oxygen atoms in total. The van der Waals surface area contributed by atoms with Crippen LogP contribution in [0.25, 0.3) is 0 Å². The van der Waals surface area contributed by atoms with Crippen molar-refractivity contribution in [2.45, 2.75) is 110 Å². The Labute approximate surface area is 269 Å². The van der Waals surface area contributed by atoms with E-state index in [4.69, 9.17) is 9.47 Å². The molecule has 45 heavy (non-hydrogen) atoms. The second kappa shape index (κ2) is 17.2. The van der Waals surface area contributed by atoms with E-state index in [1.54, 1.807) is 6.92 Å². The number of carbonyl (C=O) groups is 3. The molecule has 1 fully saturated rings. The number of esters is 1. The molecule has 8 heteroatoms. The van der Waals surface area contributed by atoms with Gasteiger partial charge < -0.3 is 24.6 Å². The predicted molar refractivity (Wildman–Crippen MR) is 175 cm³/mol. The lowest BCUT2D eigenvalue weighted by Crippen LogP contribution is -2.59. The van der Waals surface area contributed by atoms with Crippen LogP contribution in [0.3, 0.4) is 0 Å². The molecule has 3 rings (SSSR count). The number of nitrogens with zero attached hydrogens (tertiary/aromatic N) is 1. The van der Waals surface area contributed by atoms with Gasteiger partial charge in [-0.2, -0.15) is 0 Å². The molecule has 250 valence electrons. The smallest absolute Gasteiger partial charge is 0.329 e. The number of amides is 1. The average Bonchev–Trinajstić information content (AvgIpc) is 3.55. The summed E-state index contributed by atoms with van der Waals surface area (Å²) < 4.78 is 11.4. The summed E-state index contributed by atoms with van der Waals surface area (Å²) in [5.41, 5.74) is 1.14. The van der Waals surface area contributed by atoms with Crippen LogP contribution in [0, 0.1) is 29.6 Å². The van der Waals surface area contributed by atoms with Crippen LogP contribution in [0.15, 0.2) is 54.6 Å². The van der Waals surface area contributed by atoms with Crippen LogP contribution in [-0.4, -0.2) is 70.5 Å². The van der Waals surface area contributed by atoms with E-state index >= 15 is 0 Å². The van der Waals surface area contributed by atoms with Crippen LogP contribution in [-0.2, 0) is 30.3 Å². The zero-order chi connectivity index (χ0) is 33.1. The highest BCUT2D eigenvalue weighted by molar-refractivity contribution is 6.09. The van der Waals surface area contributed by atoms with E-state index in [9.17, 15) is 24.6 Å². The van der Waals surface area contributed by atoms with E-state index in [0.29, 0.717) is 38.5 Å². The first-order chi connectivity index (χ1) is 21.4. The van der Waals surface area contributed by atoms with Gasteiger partial charge in [-0.25, -0.2) is 4.79 Å². The van der Waals surface area contributed by atoms with Gasteiger partial charge in [0.05, 0.1) is 6.10 Å². The molecule has 0 aromatic heterocycles. The van der Waals surface area contributed by atoms with Crippen molar-refractivity contribution in [1.82, 2.24) is 4.90 Å². The Kier molecular flexibility index (Phi) is 14.0. The lowest BCUT2D eigenvalue weighted by molar-refractivity contribution is -0.211. The van der Waals surface area contributed by atoms with Gasteiger partial charge in [-0.15, -0.1) is 0 Å². The van der Waals surface area contributed by atoms with Gasteiger partial charge >= 0.3 is 11.8 Å². The highest BCUT2D eigenvalue weighted by Crippen LogP contribution is 2.31. The van der Waals surface area contributed by atoms with Gasteiger partial charge in [0.1, 0.15) is 12.1 Å². The van der Waals surface area contributed by atoms with Crippen molar-refractivity contribution in [2.75, 3.05) is 13.7 Å². The number of carbonyl (C=O) groups excluding carboxylic acids is 3. The molecule has 2 N–H and O–H groups in total. The first-order valence-electron chi connectivity index (χ1n) is 16.8. The van der Waals surface area contributed by atoms with Crippen LogP contribution in [0.2, 0.25) is 0 Å². The fraction of sp³-hybridized carbons (Fsp3) is 0.649. The minimum atomic E-state index is -2.70. The van der Waals surface area contributed by atoms with Crippen LogP contribution >= 0.6 is 0 Å². The Morgan fingerprint density at radius 2 is 1.71 bits per heavy atom. The highest BCUT2D eigenvalue weighted by atomic mass is 16.6. The number of hydrogen-bond donors (Lipinski definition) is 2. The molecule has 2 heterocycles. The topological polar surface area (TPSA) is 113 Å². The molecular formula is C37H55NO7. The number of fused-ring (bicyclic) bond motifs is 1. The number of hydrogen-bond acceptors (Lipinski definition) is 7. The normalized spacial score (nSPS) is 35.2. The number of Topliss-reactive ketones (excluding diaryl/α,β-unsaturated/α-hetero) is 1. The number of benzene rings is 1. The molecule has 0 aliphatic carbocycles. The van der Waals surface area contributed by atoms with Crippen molar-refractivity contribution >= 4 is 17.7 Å². The molecule has 0 bridgehead atoms. The monoisotopic (exact) mass is 625 g/mol. The number of ketones is 1. The van der Waals surface area contributed by atoms with Gasteiger partial charge in [0, 0.05) is 25.5 Å². The third-order valence-electron chi connectivity index (χ3n) is 10.1. The van der Waals surface area contributed by atoms with E-state index in [2.05, 4.69) is 38.1 Å². The van der Waals surface area contributed by atoms with E-state index < -0.39 is 47.6 Å². The van der Waals surface area contributed by atoms with E-state index in [-0.39, 0.29) is 30.2 Å². The first kappa shape index (κ1) is 36.7. The average molecular weight is 626 g/mol. The van der Waals surface area contributed by atoms with Crippen molar-refractivity contribution in [2.24, 2.45) is 29.6 Å². The number of aliphatic hydroxyl groups excluding tert-OH is 1. The molecule has 0 radical (unpaired) electrons. The SMILES string of the molecule is CC[C@H](Cc1ccccc1)[C@@H]1/C=C/C/C=C/C[C@@H](C)[C@H](O)[C@@H](C)[C@@H](C)CC[C@@H](C)C(=O)C(O)(OC)C(=O)N2CCC[C@H]2C(=O)O1. The lowest BCUT2D eigenvalue weighted by Gasteiger charge is -2.34. The Balaban J connectivity index is 1.94. The summed E-state index contributed by atoms with van der Waals surface area (Å²) in [5.74, 6) is -5.42. The summed E-state index contributed by atoms with van der Waals surface area (Å²) in [4.78, 5) is 42.3. The van der Waals surface area contributed by atoms with E-state index in [0.717, 1.165) is 25.5 Å². The van der Waals surface area contributed by atoms with Gasteiger partial charge in [-0.1, -0.05) is 83.2 Å². The van der Waals surface area contributed by atoms with Crippen molar-refractivity contribution in [1.29, 1.82) is 0 Å². The fourth-order valence-electron chi connectivity index (χ4n) is 6.59. The van der Waals surface area contributed by atoms with Crippen LogP contribution in [0.4, 0.5) is 0 Å². The van der Waals surface area contributed by atoms with Gasteiger partial charge in [-0.3, -0.25) is 9.59 Å². The largest absolute Gasteiger partial charge is 0.456 e. The van der Waals surface area contributed by atoms with Crippen molar-refractivity contribution < 1.29 is 34.1 Å². The fourth-order valence-corrected chi connectivity index (χ4v) is 6.59. The predicted octanol–water partition coefficient (Wildman–Crippen LogP) is 5.65. The van der Waals surface area contributed by atoms with Crippen molar-refractivity contribution in [3.63, 3.8) is 0 Å². The molecule has 1 saturated heterocycles. The lowest BCUT2D eigenvalue weighted by atomic mass is 9.79. The summed E-state index contributed by atoms with van der Waals surface area (Å²) in [6.07, 6.45) is 11.9. The third-order valence-corrected chi connectivity index (χ3v) is 10.1. The maximum atomic E-state index is 13.8. The minimum absolute atomic E-state index is 0.000671. The molecule has 1 amide bonds. The van der Waals surface area contributed by atoms with Crippen molar-refractivity contribution in [3.8, 4) is 0 Å². The summed E-state index contributed by atoms with van der Waals surface area (Å²) in [7, 11) is 1.14. The number of allylic oxidation sites excluding steroid dienone is 3. The second-order valence-corrected chi connectivity index (χ2v) is 13.3. The molecular weight excluding hydrogens is 570 g/mol. The Morgan fingerprint density at radius 3 is 2.38 bits per heavy atom. The highest BCUT2D eigenvalue weighted by Gasteiger charge is 2.52. The van der Waals surface area contributed by atoms with Gasteiger partial charge in [0.15, 0.2) is 0 Å². The Hall–Kier alpha value is -2.81. The number of cyclic esters (lactones) is 1. The maximum Gasteiger partial charge on any atom is 0.329 e. The summed E-state index contributed by atoms with van der Waals surface area (Å²) in [6, 6.07) is 9.14. The second-order valence-electron chi connectivity index (χ2n) is 13.3. The molecule has 2 aliphatic rings. The van der Waals surface area contributed by atoms with Gasteiger partial charge in [-0.05, 0) is 80.8 Å². The van der Waals surface area contributed by atoms with E-state index in [1.165, 1.54) is 4.90 Å². The number of ether oxygens (including phenoxy) is 2. The minimum Gasteiger partial charge on any atom is -0.456 e. The first-order valence-corrected chi connectivity index (χ1v) is 16.8. The van der Waals surface area contributed by atoms with Gasteiger partial charge in [0.25, 0.3) is 5.91 Å². The number of methoxy groups -OCH3 is 1. The molecule has 0 spiro atoms. The maximum absolute atomic E-state index is 13.8. The molecule has 1 aromatic rings. The number of aliphatic hydroxyl groups is 2. The molecule has 0 saturated carbocycles. The van der Waals surface area contributed by atoms with Crippen molar-refractivity contribution in [3.05, 3.63) is 60.2 Å². The molecule has 1 unspecified atom stereocenters. The number of rotatable bonds is 5. The van der Waals surface area contributed by atoms with Crippen LogP contribution < -0.4 is 0 Å². The standard InChI is InChI=1S/C37H55NO7/c1-7-30(24-29-17-12-10-13-18-29)32-20-14-9-8-11-16-26(3)33(39)28(5)25(2)21-22-27(4)34(40)37(43,44-6)36(42)38-23-15-19-31(38)35(41)45-32/h8,10-14,17-18,20,25-28,30-33,39,43H,7,9,15-16,19,21-24H2,1-6H3/b11-8+,20-14+/t25-,26+,27+,28-,30+,31-,32-,33-,37?/m0/s1. The zero-order valence-electron chi connectivity index (χ0n) is 28.1. The molecule has 2 aliphatic heterocycles. The summed E-state index contributed by atoms with van der Waals surface area (Å²) >= 11 is 0.